The van der Waals surface area contributed by atoms with Crippen LogP contribution in [0.3, 0.4) is 0 Å². The summed E-state index contributed by atoms with van der Waals surface area (Å²) in [7, 11) is 0. The Morgan fingerprint density at radius 2 is 0.923 bits per heavy atom. The molecule has 0 radical (unpaired) electrons. The number of rotatable bonds is 0. The molecule has 82 valence electrons. The minimum Gasteiger partial charge on any atom is -0.289 e. The van der Waals surface area contributed by atoms with Crippen molar-refractivity contribution in [1.82, 2.24) is 0 Å². The van der Waals surface area contributed by atoms with Crippen molar-refractivity contribution in [3.8, 4) is 0 Å². The van der Waals surface area contributed by atoms with Gasteiger partial charge in [-0.15, -0.1) is 0 Å². The van der Waals surface area contributed by atoms with Gasteiger partial charge in [-0.2, -0.15) is 0 Å². The average molecular weight is 328 g/mol. The largest absolute Gasteiger partial charge is 0.339 e. The summed E-state index contributed by atoms with van der Waals surface area (Å²) < 4.78 is 20.3. The van der Waals surface area contributed by atoms with Gasteiger partial charge in [0.05, 0.1) is 0 Å². The Morgan fingerprint density at radius 1 is 0.846 bits per heavy atom. The zero-order chi connectivity index (χ0) is 11.5. The molecule has 0 rings (SSSR count). The van der Waals surface area contributed by atoms with E-state index < -0.39 is 16.2 Å². The van der Waals surface area contributed by atoms with Gasteiger partial charge in [-0.3, -0.25) is 9.13 Å². The van der Waals surface area contributed by atoms with Crippen LogP contribution in [0.4, 0.5) is 0 Å². The maximum absolute atomic E-state index is 10.8. The van der Waals surface area contributed by atoms with E-state index in [1.807, 2.05) is 0 Å². The van der Waals surface area contributed by atoms with Gasteiger partial charge in [0, 0.05) is 5.16 Å². The summed E-state index contributed by atoms with van der Waals surface area (Å²) in [6, 6.07) is 0. The Labute approximate surface area is 102 Å². The first-order chi connectivity index (χ1) is 5.25. The molecule has 2 nitrogen and oxygen atoms in total. The van der Waals surface area contributed by atoms with Gasteiger partial charge in [0.15, 0.2) is 0 Å². The second-order valence-electron chi connectivity index (χ2n) is 3.03. The van der Waals surface area contributed by atoms with Gasteiger partial charge in [0.2, 0.25) is 0 Å². The highest BCUT2D eigenvalue weighted by molar-refractivity contribution is 8.24. The maximum Gasteiger partial charge on any atom is 0.339 e. The Hall–Kier alpha value is 1.91. The molecule has 0 aromatic rings. The third-order valence-electron chi connectivity index (χ3n) is 0.781. The molecule has 0 saturated carbocycles. The molecule has 13 heavy (non-hydrogen) atoms. The van der Waals surface area contributed by atoms with E-state index in [0.717, 1.165) is 0 Å². The van der Waals surface area contributed by atoms with Crippen LogP contribution in [0.25, 0.3) is 0 Å². The quantitative estimate of drug-likeness (QED) is 0.491. The van der Waals surface area contributed by atoms with E-state index in [9.17, 15) is 9.13 Å². The zero-order valence-corrected chi connectivity index (χ0v) is 12.7. The molecule has 0 aromatic carbocycles. The Balaban J connectivity index is 0. The fraction of sp³-hybridized carbons (Fsp3) is 1.00. The predicted octanol–water partition coefficient (Wildman–Crippen LogP) is 6.27. The number of halogens is 5. The molecule has 0 amide bonds. The summed E-state index contributed by atoms with van der Waals surface area (Å²) in [5, 5.41) is -3.70. The van der Waals surface area contributed by atoms with Gasteiger partial charge in [0.1, 0.15) is 0 Å². The Kier molecular flexibility index (Phi) is 7.79. The third kappa shape index (κ3) is 16.6. The molecule has 0 N–H and O–H groups in total. The van der Waals surface area contributed by atoms with Crippen molar-refractivity contribution in [3.63, 3.8) is 0 Å². The molecule has 0 aliphatic carbocycles. The Morgan fingerprint density at radius 3 is 0.923 bits per heavy atom. The van der Waals surface area contributed by atoms with Gasteiger partial charge in [0.25, 0.3) is 5.85 Å². The van der Waals surface area contributed by atoms with Gasteiger partial charge in [-0.1, -0.05) is 20.8 Å². The lowest BCUT2D eigenvalue weighted by Gasteiger charge is -2.18. The normalized spacial score (nSPS) is 13.2. The van der Waals surface area contributed by atoms with Crippen molar-refractivity contribution in [2.24, 2.45) is 0 Å². The lowest BCUT2D eigenvalue weighted by molar-refractivity contribution is 0.571. The van der Waals surface area contributed by atoms with Crippen LogP contribution in [0.2, 0.25) is 0 Å². The summed E-state index contributed by atoms with van der Waals surface area (Å²) in [5.41, 5.74) is 0. The average Bonchev–Trinajstić information content (AvgIpc) is 1.50. The molecule has 9 heteroatoms. The highest BCUT2D eigenvalue weighted by atomic mass is 36.0. The summed E-state index contributed by atoms with van der Waals surface area (Å²) in [4.78, 5) is 0. The lowest BCUT2D eigenvalue weighted by atomic mass is 10.3. The molecule has 0 saturated heterocycles. The Bertz CT molecular complexity index is 227. The van der Waals surface area contributed by atoms with E-state index in [-0.39, 0.29) is 0 Å². The highest BCUT2D eigenvalue weighted by Crippen LogP contribution is 2.66. The van der Waals surface area contributed by atoms with Crippen molar-refractivity contribution < 1.29 is 9.13 Å². The van der Waals surface area contributed by atoms with E-state index in [4.69, 9.17) is 22.5 Å². The predicted molar refractivity (Wildman–Crippen MR) is 64.2 cm³/mol. The van der Waals surface area contributed by atoms with Crippen molar-refractivity contribution in [3.05, 3.63) is 0 Å². The van der Waals surface area contributed by atoms with Crippen LogP contribution in [-0.2, 0) is 9.13 Å². The van der Waals surface area contributed by atoms with E-state index in [2.05, 4.69) is 33.7 Å². The molecule has 0 aromatic heterocycles. The number of hydrogen-bond acceptors (Lipinski definition) is 2. The lowest BCUT2D eigenvalue weighted by Crippen LogP contribution is -2.07. The van der Waals surface area contributed by atoms with Crippen LogP contribution >= 0.6 is 67.3 Å². The van der Waals surface area contributed by atoms with Crippen LogP contribution in [-0.4, -0.2) is 5.16 Å². The van der Waals surface area contributed by atoms with Crippen molar-refractivity contribution >= 4 is 67.3 Å². The third-order valence-corrected chi connectivity index (χ3v) is 5.39. The standard InChI is InChI=1S/C4H9Cl2OP.Cl3OP/c1-4(2,3)8(5,6)7;1-5(2,3)4/h1-3H3;. The fourth-order valence-corrected chi connectivity index (χ4v) is 0. The minimum absolute atomic E-state index is 0.476. The van der Waals surface area contributed by atoms with Gasteiger partial charge in [-0.05, 0) is 56.2 Å². The topological polar surface area (TPSA) is 34.1 Å². The minimum atomic E-state index is -3.22. The van der Waals surface area contributed by atoms with Gasteiger partial charge < -0.3 is 0 Å². The number of hydrogen-bond donors (Lipinski definition) is 0. The molecular formula is C4H9Cl5O2P2. The molecule has 0 aliphatic heterocycles. The van der Waals surface area contributed by atoms with E-state index in [1.54, 1.807) is 20.8 Å². The first-order valence-corrected chi connectivity index (χ1v) is 10.9. The summed E-state index contributed by atoms with van der Waals surface area (Å²) in [5.74, 6) is -2.91. The maximum atomic E-state index is 10.8. The van der Waals surface area contributed by atoms with Crippen LogP contribution in [0, 0.1) is 0 Å². The summed E-state index contributed by atoms with van der Waals surface area (Å²) in [6.45, 7) is 5.23. The molecule has 0 spiro atoms. The van der Waals surface area contributed by atoms with Crippen LogP contribution in [0.5, 0.6) is 0 Å². The zero-order valence-electron chi connectivity index (χ0n) is 7.10. The molecule has 0 atom stereocenters. The molecule has 0 aliphatic rings. The fourth-order valence-electron chi connectivity index (χ4n) is 0. The second-order valence-corrected chi connectivity index (χ2v) is 15.3. The van der Waals surface area contributed by atoms with Crippen LogP contribution in [0.1, 0.15) is 20.8 Å². The van der Waals surface area contributed by atoms with Crippen LogP contribution in [0.15, 0.2) is 0 Å². The molecular weight excluding hydrogens is 319 g/mol. The molecule has 0 heterocycles. The SMILES string of the molecule is CC(C)(C)P(=O)(Cl)Cl.O=P(Cl)(Cl)Cl. The summed E-state index contributed by atoms with van der Waals surface area (Å²) in [6.07, 6.45) is 0. The monoisotopic (exact) mass is 326 g/mol. The first kappa shape index (κ1) is 17.3. The van der Waals surface area contributed by atoms with Crippen molar-refractivity contribution in [2.75, 3.05) is 0 Å². The van der Waals surface area contributed by atoms with Crippen LogP contribution < -0.4 is 0 Å². The first-order valence-electron chi connectivity index (χ1n) is 2.93. The highest BCUT2D eigenvalue weighted by Gasteiger charge is 2.31. The van der Waals surface area contributed by atoms with Gasteiger partial charge in [-0.25, -0.2) is 0 Å². The van der Waals surface area contributed by atoms with Crippen molar-refractivity contribution in [1.29, 1.82) is 0 Å². The summed E-state index contributed by atoms with van der Waals surface area (Å²) >= 11 is 24.5. The molecule has 0 fully saturated rings. The van der Waals surface area contributed by atoms with Gasteiger partial charge >= 0.3 is 5.20 Å². The van der Waals surface area contributed by atoms with E-state index in [1.165, 1.54) is 0 Å². The molecule has 0 unspecified atom stereocenters. The van der Waals surface area contributed by atoms with Crippen molar-refractivity contribution in [2.45, 2.75) is 25.9 Å². The smallest absolute Gasteiger partial charge is 0.289 e. The van der Waals surface area contributed by atoms with E-state index >= 15 is 0 Å². The second kappa shape index (κ2) is 5.85. The van der Waals surface area contributed by atoms with E-state index in [0.29, 0.717) is 0 Å². The molecule has 0 bridgehead atoms.